The van der Waals surface area contributed by atoms with Crippen LogP contribution in [-0.4, -0.2) is 14.5 Å². The van der Waals surface area contributed by atoms with Crippen LogP contribution in [-0.2, 0) is 6.54 Å². The van der Waals surface area contributed by atoms with Gasteiger partial charge in [0.05, 0.1) is 17.8 Å². The molecule has 0 radical (unpaired) electrons. The van der Waals surface area contributed by atoms with Crippen LogP contribution in [0.3, 0.4) is 0 Å². The van der Waals surface area contributed by atoms with Crippen molar-refractivity contribution in [3.8, 4) is 0 Å². The predicted octanol–water partition coefficient (Wildman–Crippen LogP) is 3.59. The van der Waals surface area contributed by atoms with E-state index in [2.05, 4.69) is 9.97 Å². The van der Waals surface area contributed by atoms with Crippen molar-refractivity contribution in [2.75, 3.05) is 0 Å². The highest BCUT2D eigenvalue weighted by Crippen LogP contribution is 2.18. The fourth-order valence-corrected chi connectivity index (χ4v) is 2.40. The minimum atomic E-state index is -0.292. The number of hydrogen-bond donors (Lipinski definition) is 1. The monoisotopic (exact) mass is 273 g/mol. The maximum Gasteiger partial charge on any atom is 0.178 e. The summed E-state index contributed by atoms with van der Waals surface area (Å²) in [5.41, 5.74) is 3.23. The number of fused-ring (bicyclic) bond motifs is 1. The third-order valence-corrected chi connectivity index (χ3v) is 3.51. The lowest BCUT2D eigenvalue weighted by Gasteiger charge is -2.06. The first-order valence-electron chi connectivity index (χ1n) is 5.94. The molecule has 2 heterocycles. The average molecular weight is 273 g/mol. The Bertz CT molecular complexity index is 804. The van der Waals surface area contributed by atoms with Crippen LogP contribution in [0, 0.1) is 17.5 Å². The molecule has 0 atom stereocenters. The first kappa shape index (κ1) is 12.0. The van der Waals surface area contributed by atoms with Crippen LogP contribution in [0.1, 0.15) is 11.3 Å². The van der Waals surface area contributed by atoms with Crippen LogP contribution >= 0.6 is 12.2 Å². The van der Waals surface area contributed by atoms with Crippen molar-refractivity contribution in [3.05, 3.63) is 58.4 Å². The number of rotatable bonds is 2. The molecule has 0 aliphatic heterocycles. The van der Waals surface area contributed by atoms with Gasteiger partial charge in [-0.1, -0.05) is 12.1 Å². The number of nitrogens with zero attached hydrogens (tertiary/aromatic N) is 2. The minimum Gasteiger partial charge on any atom is -0.328 e. The Kier molecular flexibility index (Phi) is 2.91. The zero-order valence-corrected chi connectivity index (χ0v) is 11.2. The van der Waals surface area contributed by atoms with Crippen LogP contribution in [0.4, 0.5) is 4.39 Å². The molecular weight excluding hydrogens is 261 g/mol. The number of para-hydroxylation sites is 1. The highest BCUT2D eigenvalue weighted by molar-refractivity contribution is 7.71. The van der Waals surface area contributed by atoms with Gasteiger partial charge < -0.3 is 9.55 Å². The van der Waals surface area contributed by atoms with Gasteiger partial charge in [-0.3, -0.25) is 4.98 Å². The Balaban J connectivity index is 2.16. The van der Waals surface area contributed by atoms with E-state index >= 15 is 0 Å². The molecule has 5 heteroatoms. The molecule has 2 aromatic heterocycles. The van der Waals surface area contributed by atoms with Gasteiger partial charge in [-0.15, -0.1) is 0 Å². The van der Waals surface area contributed by atoms with E-state index in [1.807, 2.05) is 29.7 Å². The third-order valence-electron chi connectivity index (χ3n) is 3.19. The average Bonchev–Trinajstić information content (AvgIpc) is 2.71. The molecule has 0 bridgehead atoms. The first-order valence-corrected chi connectivity index (χ1v) is 6.35. The number of imidazole rings is 1. The van der Waals surface area contributed by atoms with Gasteiger partial charge in [0.15, 0.2) is 4.77 Å². The summed E-state index contributed by atoms with van der Waals surface area (Å²) < 4.78 is 16.1. The topological polar surface area (TPSA) is 33.6 Å². The summed E-state index contributed by atoms with van der Waals surface area (Å²) in [6.45, 7) is 2.54. The number of hydrogen-bond acceptors (Lipinski definition) is 2. The molecule has 0 saturated carbocycles. The van der Waals surface area contributed by atoms with Crippen molar-refractivity contribution in [1.82, 2.24) is 14.5 Å². The molecule has 0 saturated heterocycles. The zero-order valence-electron chi connectivity index (χ0n) is 10.4. The maximum atomic E-state index is 13.7. The van der Waals surface area contributed by atoms with Crippen LogP contribution in [0.15, 0.2) is 36.5 Å². The van der Waals surface area contributed by atoms with E-state index in [4.69, 9.17) is 12.2 Å². The summed E-state index contributed by atoms with van der Waals surface area (Å²) >= 11 is 5.27. The molecule has 1 aromatic carbocycles. The van der Waals surface area contributed by atoms with Crippen molar-refractivity contribution in [3.63, 3.8) is 0 Å². The second-order valence-electron chi connectivity index (χ2n) is 4.42. The third kappa shape index (κ3) is 2.06. The highest BCUT2D eigenvalue weighted by Gasteiger charge is 2.09. The van der Waals surface area contributed by atoms with Gasteiger partial charge in [0.25, 0.3) is 0 Å². The van der Waals surface area contributed by atoms with Gasteiger partial charge in [-0.25, -0.2) is 4.39 Å². The van der Waals surface area contributed by atoms with Gasteiger partial charge >= 0.3 is 0 Å². The van der Waals surface area contributed by atoms with E-state index in [-0.39, 0.29) is 5.82 Å². The maximum absolute atomic E-state index is 13.7. The fourth-order valence-electron chi connectivity index (χ4n) is 2.14. The van der Waals surface area contributed by atoms with Crippen molar-refractivity contribution >= 4 is 23.3 Å². The summed E-state index contributed by atoms with van der Waals surface area (Å²) in [5, 5.41) is 0. The number of H-pyrrole nitrogens is 1. The predicted molar refractivity (Wildman–Crippen MR) is 75.2 cm³/mol. The molecule has 0 unspecified atom stereocenters. The van der Waals surface area contributed by atoms with E-state index in [1.54, 1.807) is 12.3 Å². The molecule has 3 rings (SSSR count). The minimum absolute atomic E-state index is 0.292. The quantitative estimate of drug-likeness (QED) is 0.724. The largest absolute Gasteiger partial charge is 0.328 e. The van der Waals surface area contributed by atoms with Gasteiger partial charge in [0.1, 0.15) is 11.3 Å². The standard InChI is InChI=1S/C14H12FN3S/c1-9-4-3-7-16-11(9)8-18-12-6-2-5-10(15)13(12)17-14(18)19/h2-7H,8H2,1H3,(H,17,19). The van der Waals surface area contributed by atoms with Crippen LogP contribution in [0.25, 0.3) is 11.0 Å². The zero-order chi connectivity index (χ0) is 13.4. The van der Waals surface area contributed by atoms with E-state index in [0.29, 0.717) is 16.8 Å². The molecule has 3 aromatic rings. The van der Waals surface area contributed by atoms with Crippen LogP contribution in [0.2, 0.25) is 0 Å². The number of benzene rings is 1. The molecule has 0 amide bonds. The van der Waals surface area contributed by atoms with Crippen molar-refractivity contribution in [1.29, 1.82) is 0 Å². The van der Waals surface area contributed by atoms with Crippen molar-refractivity contribution in [2.24, 2.45) is 0 Å². The first-order chi connectivity index (χ1) is 9.16. The molecule has 96 valence electrons. The van der Waals surface area contributed by atoms with E-state index in [1.165, 1.54) is 6.07 Å². The lowest BCUT2D eigenvalue weighted by molar-refractivity contribution is 0.637. The Morgan fingerprint density at radius 3 is 2.95 bits per heavy atom. The number of halogens is 1. The molecule has 0 aliphatic carbocycles. The molecule has 3 nitrogen and oxygen atoms in total. The number of aromatic amines is 1. The summed E-state index contributed by atoms with van der Waals surface area (Å²) in [4.78, 5) is 7.26. The smallest absolute Gasteiger partial charge is 0.178 e. The molecule has 1 N–H and O–H groups in total. The number of nitrogens with one attached hydrogen (secondary N) is 1. The van der Waals surface area contributed by atoms with E-state index in [0.717, 1.165) is 16.8 Å². The number of aromatic nitrogens is 3. The second kappa shape index (κ2) is 4.59. The lowest BCUT2D eigenvalue weighted by atomic mass is 10.2. The van der Waals surface area contributed by atoms with Gasteiger partial charge in [0, 0.05) is 6.20 Å². The molecule has 19 heavy (non-hydrogen) atoms. The Labute approximate surface area is 114 Å². The summed E-state index contributed by atoms with van der Waals surface area (Å²) in [6.07, 6.45) is 1.75. The van der Waals surface area contributed by atoms with Gasteiger partial charge in [0.2, 0.25) is 0 Å². The Morgan fingerprint density at radius 2 is 2.16 bits per heavy atom. The second-order valence-corrected chi connectivity index (χ2v) is 4.80. The van der Waals surface area contributed by atoms with E-state index < -0.39 is 0 Å². The summed E-state index contributed by atoms with van der Waals surface area (Å²) in [5.74, 6) is -0.292. The molecule has 0 spiro atoms. The number of pyridine rings is 1. The molecule has 0 aliphatic rings. The lowest BCUT2D eigenvalue weighted by Crippen LogP contribution is -2.03. The van der Waals surface area contributed by atoms with Crippen LogP contribution in [0.5, 0.6) is 0 Å². The summed E-state index contributed by atoms with van der Waals surface area (Å²) in [7, 11) is 0. The SMILES string of the molecule is Cc1cccnc1Cn1c(=S)[nH]c2c(F)cccc21. The summed E-state index contributed by atoms with van der Waals surface area (Å²) in [6, 6.07) is 8.85. The van der Waals surface area contributed by atoms with Crippen LogP contribution < -0.4 is 0 Å². The Hall–Kier alpha value is -2.01. The fraction of sp³-hybridized carbons (Fsp3) is 0.143. The van der Waals surface area contributed by atoms with E-state index in [9.17, 15) is 4.39 Å². The molecule has 0 fully saturated rings. The van der Waals surface area contributed by atoms with Gasteiger partial charge in [-0.2, -0.15) is 0 Å². The van der Waals surface area contributed by atoms with Crippen molar-refractivity contribution < 1.29 is 4.39 Å². The normalized spacial score (nSPS) is 11.1. The highest BCUT2D eigenvalue weighted by atomic mass is 32.1. The van der Waals surface area contributed by atoms with Gasteiger partial charge in [-0.05, 0) is 42.9 Å². The number of aryl methyl sites for hydroxylation is 1. The molecular formula is C14H12FN3S. The van der Waals surface area contributed by atoms with Crippen molar-refractivity contribution in [2.45, 2.75) is 13.5 Å². The Morgan fingerprint density at radius 1 is 1.32 bits per heavy atom.